The number of sulfone groups is 1. The zero-order valence-electron chi connectivity index (χ0n) is 12.7. The van der Waals surface area contributed by atoms with Crippen molar-refractivity contribution in [3.63, 3.8) is 0 Å². The molecule has 0 saturated heterocycles. The Hall–Kier alpha value is -2.06. The first kappa shape index (κ1) is 19.3. The van der Waals surface area contributed by atoms with Crippen molar-refractivity contribution in [3.05, 3.63) is 59.1 Å². The van der Waals surface area contributed by atoms with Crippen LogP contribution in [0.25, 0.3) is 0 Å². The SMILES string of the molecule is O=C(CCS(=O)(=O)c1ccccc1)Nc1cc(C(F)(F)F)ccc1Cl. The van der Waals surface area contributed by atoms with E-state index in [1.807, 2.05) is 0 Å². The van der Waals surface area contributed by atoms with Crippen LogP contribution in [0.2, 0.25) is 5.02 Å². The third-order valence-electron chi connectivity index (χ3n) is 3.27. The Morgan fingerprint density at radius 3 is 2.32 bits per heavy atom. The van der Waals surface area contributed by atoms with Crippen LogP contribution in [-0.2, 0) is 20.8 Å². The van der Waals surface area contributed by atoms with E-state index in [2.05, 4.69) is 5.32 Å². The average molecular weight is 392 g/mol. The number of carbonyl (C=O) groups excluding carboxylic acids is 1. The van der Waals surface area contributed by atoms with Gasteiger partial charge >= 0.3 is 6.18 Å². The second-order valence-electron chi connectivity index (χ2n) is 5.12. The highest BCUT2D eigenvalue weighted by Gasteiger charge is 2.31. The number of anilines is 1. The number of halogens is 4. The minimum Gasteiger partial charge on any atom is -0.325 e. The molecule has 0 bridgehead atoms. The molecule has 0 unspecified atom stereocenters. The highest BCUT2D eigenvalue weighted by Crippen LogP contribution is 2.33. The van der Waals surface area contributed by atoms with E-state index < -0.39 is 39.7 Å². The van der Waals surface area contributed by atoms with Gasteiger partial charge in [-0.05, 0) is 30.3 Å². The number of benzene rings is 2. The summed E-state index contributed by atoms with van der Waals surface area (Å²) in [4.78, 5) is 12.0. The summed E-state index contributed by atoms with van der Waals surface area (Å²) in [5.74, 6) is -1.22. The van der Waals surface area contributed by atoms with E-state index >= 15 is 0 Å². The topological polar surface area (TPSA) is 63.2 Å². The molecule has 0 radical (unpaired) electrons. The summed E-state index contributed by atoms with van der Waals surface area (Å²) in [6.45, 7) is 0. The van der Waals surface area contributed by atoms with Crippen molar-refractivity contribution in [3.8, 4) is 0 Å². The van der Waals surface area contributed by atoms with Gasteiger partial charge in [0.05, 0.1) is 26.9 Å². The average Bonchev–Trinajstić information content (AvgIpc) is 2.55. The Labute approximate surface area is 147 Å². The van der Waals surface area contributed by atoms with E-state index in [-0.39, 0.29) is 15.6 Å². The second-order valence-corrected chi connectivity index (χ2v) is 7.64. The van der Waals surface area contributed by atoms with Gasteiger partial charge in [-0.3, -0.25) is 4.79 Å². The molecule has 4 nitrogen and oxygen atoms in total. The van der Waals surface area contributed by atoms with E-state index in [1.54, 1.807) is 18.2 Å². The predicted octanol–water partition coefficient (Wildman–Crippen LogP) is 4.16. The summed E-state index contributed by atoms with van der Waals surface area (Å²) in [6, 6.07) is 10.1. The van der Waals surface area contributed by atoms with Gasteiger partial charge in [0.15, 0.2) is 9.84 Å². The van der Waals surface area contributed by atoms with Crippen LogP contribution < -0.4 is 5.32 Å². The molecule has 0 saturated carbocycles. The smallest absolute Gasteiger partial charge is 0.325 e. The monoisotopic (exact) mass is 391 g/mol. The van der Waals surface area contributed by atoms with Gasteiger partial charge < -0.3 is 5.32 Å². The van der Waals surface area contributed by atoms with Crippen molar-refractivity contribution in [2.45, 2.75) is 17.5 Å². The number of amides is 1. The Balaban J connectivity index is 2.06. The quantitative estimate of drug-likeness (QED) is 0.832. The minimum atomic E-state index is -4.58. The summed E-state index contributed by atoms with van der Waals surface area (Å²) >= 11 is 5.78. The summed E-state index contributed by atoms with van der Waals surface area (Å²) in [7, 11) is -3.66. The van der Waals surface area contributed by atoms with Gasteiger partial charge in [-0.25, -0.2) is 8.42 Å². The van der Waals surface area contributed by atoms with Gasteiger partial charge in [0.25, 0.3) is 0 Å². The van der Waals surface area contributed by atoms with Gasteiger partial charge in [0, 0.05) is 6.42 Å². The summed E-state index contributed by atoms with van der Waals surface area (Å²) in [5, 5.41) is 2.13. The number of hydrogen-bond donors (Lipinski definition) is 1. The van der Waals surface area contributed by atoms with E-state index in [0.29, 0.717) is 6.07 Å². The van der Waals surface area contributed by atoms with Crippen molar-refractivity contribution < 1.29 is 26.4 Å². The first-order valence-electron chi connectivity index (χ1n) is 7.04. The van der Waals surface area contributed by atoms with E-state index in [1.165, 1.54) is 12.1 Å². The summed E-state index contributed by atoms with van der Waals surface area (Å²) in [6.07, 6.45) is -5.00. The van der Waals surface area contributed by atoms with Crippen molar-refractivity contribution >= 4 is 33.0 Å². The molecule has 2 rings (SSSR count). The molecule has 2 aromatic carbocycles. The maximum Gasteiger partial charge on any atom is 0.416 e. The van der Waals surface area contributed by atoms with Crippen LogP contribution in [-0.4, -0.2) is 20.1 Å². The Morgan fingerprint density at radius 2 is 1.72 bits per heavy atom. The fourth-order valence-corrected chi connectivity index (χ4v) is 3.41. The van der Waals surface area contributed by atoms with Crippen LogP contribution in [0.3, 0.4) is 0 Å². The van der Waals surface area contributed by atoms with Crippen LogP contribution in [0.1, 0.15) is 12.0 Å². The van der Waals surface area contributed by atoms with Crippen LogP contribution in [0.5, 0.6) is 0 Å². The Morgan fingerprint density at radius 1 is 1.08 bits per heavy atom. The third-order valence-corrected chi connectivity index (χ3v) is 5.33. The molecule has 1 N–H and O–H groups in total. The van der Waals surface area contributed by atoms with Gasteiger partial charge in [0.1, 0.15) is 0 Å². The molecule has 1 amide bonds. The first-order valence-corrected chi connectivity index (χ1v) is 9.07. The molecule has 2 aromatic rings. The van der Waals surface area contributed by atoms with Crippen molar-refractivity contribution in [1.82, 2.24) is 0 Å². The third kappa shape index (κ3) is 5.20. The minimum absolute atomic E-state index is 0.0694. The lowest BCUT2D eigenvalue weighted by molar-refractivity contribution is -0.137. The molecule has 0 aliphatic heterocycles. The van der Waals surface area contributed by atoms with Crippen molar-refractivity contribution in [1.29, 1.82) is 0 Å². The fraction of sp³-hybridized carbons (Fsp3) is 0.188. The number of alkyl halides is 3. The fourth-order valence-electron chi connectivity index (χ4n) is 1.98. The van der Waals surface area contributed by atoms with Crippen LogP contribution in [0.15, 0.2) is 53.4 Å². The molecule has 0 aliphatic carbocycles. The predicted molar refractivity (Wildman–Crippen MR) is 88.2 cm³/mol. The molecule has 9 heteroatoms. The molecule has 0 heterocycles. The molecule has 0 aliphatic rings. The van der Waals surface area contributed by atoms with Gasteiger partial charge in [-0.15, -0.1) is 0 Å². The number of nitrogens with one attached hydrogen (secondary N) is 1. The van der Waals surface area contributed by atoms with Gasteiger partial charge in [-0.2, -0.15) is 13.2 Å². The molecule has 0 atom stereocenters. The molecule has 0 spiro atoms. The normalized spacial score (nSPS) is 12.0. The first-order chi connectivity index (χ1) is 11.6. The molecular weight excluding hydrogens is 379 g/mol. The highest BCUT2D eigenvalue weighted by molar-refractivity contribution is 7.91. The summed E-state index contributed by atoms with van der Waals surface area (Å²) < 4.78 is 62.3. The van der Waals surface area contributed by atoms with E-state index in [4.69, 9.17) is 11.6 Å². The number of rotatable bonds is 5. The maximum atomic E-state index is 12.7. The number of carbonyl (C=O) groups is 1. The lowest BCUT2D eigenvalue weighted by atomic mass is 10.2. The van der Waals surface area contributed by atoms with E-state index in [0.717, 1.165) is 12.1 Å². The van der Waals surface area contributed by atoms with Crippen LogP contribution in [0.4, 0.5) is 18.9 Å². The lowest BCUT2D eigenvalue weighted by Gasteiger charge is -2.11. The lowest BCUT2D eigenvalue weighted by Crippen LogP contribution is -2.18. The Kier molecular flexibility index (Phi) is 5.74. The summed E-state index contributed by atoms with van der Waals surface area (Å²) in [5.41, 5.74) is -1.19. The van der Waals surface area contributed by atoms with Crippen LogP contribution in [0, 0.1) is 0 Å². The van der Waals surface area contributed by atoms with Crippen molar-refractivity contribution in [2.75, 3.05) is 11.1 Å². The molecule has 134 valence electrons. The van der Waals surface area contributed by atoms with Gasteiger partial charge in [-0.1, -0.05) is 29.8 Å². The second kappa shape index (κ2) is 7.45. The largest absolute Gasteiger partial charge is 0.416 e. The zero-order valence-corrected chi connectivity index (χ0v) is 14.3. The molecule has 0 fully saturated rings. The van der Waals surface area contributed by atoms with Gasteiger partial charge in [0.2, 0.25) is 5.91 Å². The Bertz CT molecular complexity index is 868. The molecule has 25 heavy (non-hydrogen) atoms. The zero-order chi connectivity index (χ0) is 18.7. The maximum absolute atomic E-state index is 12.7. The standard InChI is InChI=1S/C16H13ClF3NO3S/c17-13-7-6-11(16(18,19)20)10-14(13)21-15(22)8-9-25(23,24)12-4-2-1-3-5-12/h1-7,10H,8-9H2,(H,21,22). The molecular formula is C16H13ClF3NO3S. The van der Waals surface area contributed by atoms with Crippen LogP contribution >= 0.6 is 11.6 Å². The van der Waals surface area contributed by atoms with Crippen molar-refractivity contribution in [2.24, 2.45) is 0 Å². The highest BCUT2D eigenvalue weighted by atomic mass is 35.5. The van der Waals surface area contributed by atoms with E-state index in [9.17, 15) is 26.4 Å². The number of hydrogen-bond acceptors (Lipinski definition) is 3. The molecule has 0 aromatic heterocycles.